The lowest BCUT2D eigenvalue weighted by Gasteiger charge is -2.27. The summed E-state index contributed by atoms with van der Waals surface area (Å²) in [5.41, 5.74) is 1.98. The van der Waals surface area contributed by atoms with Crippen molar-refractivity contribution in [2.45, 2.75) is 53.0 Å². The van der Waals surface area contributed by atoms with Crippen molar-refractivity contribution in [1.29, 1.82) is 0 Å². The van der Waals surface area contributed by atoms with Crippen molar-refractivity contribution in [3.63, 3.8) is 0 Å². The fourth-order valence-electron chi connectivity index (χ4n) is 3.27. The molecule has 0 aliphatic heterocycles. The highest BCUT2D eigenvalue weighted by atomic mass is 35.5. The molecule has 0 bridgehead atoms. The largest absolute Gasteiger partial charge is 0.483 e. The normalized spacial score (nSPS) is 12.4. The molecule has 0 fully saturated rings. The van der Waals surface area contributed by atoms with Crippen molar-refractivity contribution in [2.24, 2.45) is 5.41 Å². The Labute approximate surface area is 181 Å². The summed E-state index contributed by atoms with van der Waals surface area (Å²) >= 11 is 7.47. The van der Waals surface area contributed by atoms with Crippen molar-refractivity contribution in [3.05, 3.63) is 34.2 Å². The summed E-state index contributed by atoms with van der Waals surface area (Å²) in [7, 11) is 0. The molecule has 2 N–H and O–H groups in total. The highest BCUT2D eigenvalue weighted by molar-refractivity contribution is 7.18. The van der Waals surface area contributed by atoms with E-state index in [0.717, 1.165) is 41.9 Å². The number of hydrogen-bond acceptors (Lipinski definition) is 5. The molecule has 0 radical (unpaired) electrons. The highest BCUT2D eigenvalue weighted by Gasteiger charge is 2.24. The molecule has 7 heteroatoms. The molecule has 0 saturated carbocycles. The maximum absolute atomic E-state index is 11.6. The van der Waals surface area contributed by atoms with Crippen LogP contribution in [0.2, 0.25) is 5.02 Å². The molecule has 1 heterocycles. The standard InChI is InChI=1S/C22H28ClNO4S/c1-5-7-16(13-22(2,3)4)24-15-9-6-8-14(12-15)19-17(23)18(28-11-10-25)20(29-19)21(26)27/h6,8-10,12,16,24H,5,7,11,13H2,1-4H3,(H,26,27). The smallest absolute Gasteiger partial charge is 0.349 e. The molecule has 1 aromatic carbocycles. The van der Waals surface area contributed by atoms with Gasteiger partial charge in [0.15, 0.2) is 16.9 Å². The first-order chi connectivity index (χ1) is 13.7. The SMILES string of the molecule is CCCC(CC(C)(C)C)Nc1cccc(-c2sc(C(=O)O)c(OCC=O)c2Cl)c1. The maximum atomic E-state index is 11.6. The topological polar surface area (TPSA) is 75.6 Å². The Balaban J connectivity index is 2.35. The van der Waals surface area contributed by atoms with E-state index in [2.05, 4.69) is 33.0 Å². The minimum Gasteiger partial charge on any atom is -0.483 e. The van der Waals surface area contributed by atoms with Crippen LogP contribution in [0.15, 0.2) is 24.3 Å². The van der Waals surface area contributed by atoms with E-state index < -0.39 is 5.97 Å². The van der Waals surface area contributed by atoms with Gasteiger partial charge in [0.2, 0.25) is 0 Å². The van der Waals surface area contributed by atoms with Crippen LogP contribution in [0.3, 0.4) is 0 Å². The van der Waals surface area contributed by atoms with Crippen LogP contribution in [0.4, 0.5) is 5.69 Å². The van der Waals surface area contributed by atoms with Crippen LogP contribution < -0.4 is 10.1 Å². The van der Waals surface area contributed by atoms with Gasteiger partial charge in [-0.15, -0.1) is 11.3 Å². The van der Waals surface area contributed by atoms with Gasteiger partial charge in [0.05, 0.1) is 4.88 Å². The lowest BCUT2D eigenvalue weighted by atomic mass is 9.86. The molecular formula is C22H28ClNO4S. The van der Waals surface area contributed by atoms with E-state index in [4.69, 9.17) is 16.3 Å². The Kier molecular flexibility index (Phi) is 8.11. The number of carboxylic acid groups (broad SMARTS) is 1. The van der Waals surface area contributed by atoms with Crippen LogP contribution in [-0.2, 0) is 4.79 Å². The van der Waals surface area contributed by atoms with Crippen LogP contribution in [0.25, 0.3) is 10.4 Å². The van der Waals surface area contributed by atoms with E-state index >= 15 is 0 Å². The maximum Gasteiger partial charge on any atom is 0.349 e. The van der Waals surface area contributed by atoms with Gasteiger partial charge in [0.25, 0.3) is 0 Å². The average molecular weight is 438 g/mol. The van der Waals surface area contributed by atoms with Crippen molar-refractivity contribution in [2.75, 3.05) is 11.9 Å². The first-order valence-corrected chi connectivity index (χ1v) is 10.8. The van der Waals surface area contributed by atoms with Crippen LogP contribution in [0.1, 0.15) is 56.6 Å². The quantitative estimate of drug-likeness (QED) is 0.423. The van der Waals surface area contributed by atoms with Crippen LogP contribution >= 0.6 is 22.9 Å². The minimum atomic E-state index is -1.13. The van der Waals surface area contributed by atoms with Gasteiger partial charge in [-0.2, -0.15) is 0 Å². The molecule has 0 amide bonds. The number of anilines is 1. The number of aldehydes is 1. The first-order valence-electron chi connectivity index (χ1n) is 9.65. The Hall–Kier alpha value is -2.05. The predicted molar refractivity (Wildman–Crippen MR) is 120 cm³/mol. The molecule has 5 nitrogen and oxygen atoms in total. The van der Waals surface area contributed by atoms with Gasteiger partial charge in [-0.05, 0) is 36.0 Å². The summed E-state index contributed by atoms with van der Waals surface area (Å²) in [4.78, 5) is 22.8. The molecule has 158 valence electrons. The number of rotatable bonds is 10. The molecule has 0 spiro atoms. The van der Waals surface area contributed by atoms with Gasteiger partial charge in [-0.25, -0.2) is 4.79 Å². The van der Waals surface area contributed by atoms with E-state index in [1.807, 2.05) is 24.3 Å². The monoisotopic (exact) mass is 437 g/mol. The lowest BCUT2D eigenvalue weighted by molar-refractivity contribution is -0.109. The van der Waals surface area contributed by atoms with Crippen LogP contribution in [0, 0.1) is 5.41 Å². The zero-order chi connectivity index (χ0) is 21.6. The summed E-state index contributed by atoms with van der Waals surface area (Å²) in [5, 5.41) is 13.3. The molecule has 1 unspecified atom stereocenters. The number of ether oxygens (including phenoxy) is 1. The summed E-state index contributed by atoms with van der Waals surface area (Å²) in [6.45, 7) is 8.62. The summed E-state index contributed by atoms with van der Waals surface area (Å²) in [6.07, 6.45) is 3.75. The number of carbonyl (C=O) groups is 2. The third-order valence-electron chi connectivity index (χ3n) is 4.29. The Bertz CT molecular complexity index is 857. The molecule has 29 heavy (non-hydrogen) atoms. The molecule has 0 aliphatic carbocycles. The highest BCUT2D eigenvalue weighted by Crippen LogP contribution is 2.45. The second kappa shape index (κ2) is 10.1. The van der Waals surface area contributed by atoms with Gasteiger partial charge in [0, 0.05) is 11.7 Å². The zero-order valence-electron chi connectivity index (χ0n) is 17.3. The second-order valence-electron chi connectivity index (χ2n) is 8.16. The number of thiophene rings is 1. The molecule has 2 aromatic rings. The van der Waals surface area contributed by atoms with Crippen molar-refractivity contribution in [3.8, 4) is 16.2 Å². The fourth-order valence-corrected chi connectivity index (χ4v) is 4.67. The number of carboxylic acids is 1. The Morgan fingerprint density at radius 1 is 1.38 bits per heavy atom. The minimum absolute atomic E-state index is 0.0122. The summed E-state index contributed by atoms with van der Waals surface area (Å²) in [5.74, 6) is -1.09. The van der Waals surface area contributed by atoms with E-state index in [-0.39, 0.29) is 27.7 Å². The van der Waals surface area contributed by atoms with Gasteiger partial charge in [-0.1, -0.05) is 57.8 Å². The Morgan fingerprint density at radius 3 is 2.69 bits per heavy atom. The summed E-state index contributed by atoms with van der Waals surface area (Å²) < 4.78 is 5.28. The number of carbonyl (C=O) groups excluding carboxylic acids is 1. The van der Waals surface area contributed by atoms with E-state index in [9.17, 15) is 14.7 Å². The third kappa shape index (κ3) is 6.47. The van der Waals surface area contributed by atoms with Gasteiger partial charge >= 0.3 is 5.97 Å². The van der Waals surface area contributed by atoms with E-state index in [0.29, 0.717) is 17.2 Å². The van der Waals surface area contributed by atoms with Crippen LogP contribution in [0.5, 0.6) is 5.75 Å². The van der Waals surface area contributed by atoms with Crippen molar-refractivity contribution in [1.82, 2.24) is 0 Å². The van der Waals surface area contributed by atoms with Gasteiger partial charge in [0.1, 0.15) is 11.6 Å². The third-order valence-corrected chi connectivity index (χ3v) is 5.97. The first kappa shape index (κ1) is 23.2. The van der Waals surface area contributed by atoms with Gasteiger partial charge in [-0.3, -0.25) is 4.79 Å². The van der Waals surface area contributed by atoms with Crippen LogP contribution in [-0.4, -0.2) is 30.0 Å². The number of aromatic carboxylic acids is 1. The molecule has 0 aliphatic rings. The number of nitrogens with one attached hydrogen (secondary N) is 1. The molecule has 0 saturated heterocycles. The fraction of sp³-hybridized carbons (Fsp3) is 0.455. The second-order valence-corrected chi connectivity index (χ2v) is 9.56. The number of hydrogen-bond donors (Lipinski definition) is 2. The predicted octanol–water partition coefficient (Wildman–Crippen LogP) is 6.36. The van der Waals surface area contributed by atoms with Crippen molar-refractivity contribution < 1.29 is 19.4 Å². The lowest BCUT2D eigenvalue weighted by Crippen LogP contribution is -2.25. The molecular weight excluding hydrogens is 410 g/mol. The molecule has 1 aromatic heterocycles. The van der Waals surface area contributed by atoms with Crippen molar-refractivity contribution >= 4 is 40.9 Å². The molecule has 1 atom stereocenters. The number of benzene rings is 1. The average Bonchev–Trinajstić information content (AvgIpc) is 2.96. The molecule has 2 rings (SSSR count). The van der Waals surface area contributed by atoms with Gasteiger partial charge < -0.3 is 15.2 Å². The number of halogens is 1. The summed E-state index contributed by atoms with van der Waals surface area (Å²) in [6, 6.07) is 8.11. The Morgan fingerprint density at radius 2 is 2.10 bits per heavy atom. The van der Waals surface area contributed by atoms with E-state index in [1.54, 1.807) is 0 Å². The zero-order valence-corrected chi connectivity index (χ0v) is 18.8. The van der Waals surface area contributed by atoms with E-state index in [1.165, 1.54) is 0 Å².